The summed E-state index contributed by atoms with van der Waals surface area (Å²) in [5, 5.41) is 1.29. The standard InChI is InChI=1S/C13H15NO/c1-10-9-14(2)13-6-5-11(4-3-7-15)8-12(10)13/h5-9H,3-4H2,1-2H3. The van der Waals surface area contributed by atoms with Crippen LogP contribution in [0.1, 0.15) is 17.5 Å². The van der Waals surface area contributed by atoms with Crippen molar-refractivity contribution in [1.29, 1.82) is 0 Å². The lowest BCUT2D eigenvalue weighted by atomic mass is 10.1. The van der Waals surface area contributed by atoms with Crippen molar-refractivity contribution in [3.05, 3.63) is 35.5 Å². The Morgan fingerprint density at radius 2 is 2.20 bits per heavy atom. The summed E-state index contributed by atoms with van der Waals surface area (Å²) in [6.07, 6.45) is 4.56. The zero-order chi connectivity index (χ0) is 10.8. The summed E-state index contributed by atoms with van der Waals surface area (Å²) in [6, 6.07) is 6.42. The van der Waals surface area contributed by atoms with E-state index in [1.807, 2.05) is 0 Å². The molecule has 0 N–H and O–H groups in total. The van der Waals surface area contributed by atoms with E-state index < -0.39 is 0 Å². The Bertz CT molecular complexity index is 496. The molecule has 0 aliphatic rings. The molecule has 2 rings (SSSR count). The number of nitrogens with zero attached hydrogens (tertiary/aromatic N) is 1. The van der Waals surface area contributed by atoms with Gasteiger partial charge in [-0.1, -0.05) is 6.07 Å². The Hall–Kier alpha value is -1.57. The monoisotopic (exact) mass is 201 g/mol. The topological polar surface area (TPSA) is 22.0 Å². The summed E-state index contributed by atoms with van der Waals surface area (Å²) in [5.74, 6) is 0. The van der Waals surface area contributed by atoms with Crippen LogP contribution in [0.5, 0.6) is 0 Å². The first-order chi connectivity index (χ1) is 7.22. The van der Waals surface area contributed by atoms with Crippen molar-refractivity contribution in [3.63, 3.8) is 0 Å². The minimum atomic E-state index is 0.609. The molecule has 1 aromatic carbocycles. The van der Waals surface area contributed by atoms with E-state index in [2.05, 4.69) is 42.9 Å². The van der Waals surface area contributed by atoms with Crippen LogP contribution in [-0.2, 0) is 18.3 Å². The van der Waals surface area contributed by atoms with Gasteiger partial charge in [0.1, 0.15) is 6.29 Å². The third kappa shape index (κ3) is 1.80. The lowest BCUT2D eigenvalue weighted by Gasteiger charge is -2.00. The predicted octanol–water partition coefficient (Wildman–Crippen LogP) is 2.62. The third-order valence-electron chi connectivity index (χ3n) is 2.80. The molecule has 0 atom stereocenters. The average molecular weight is 201 g/mol. The summed E-state index contributed by atoms with van der Waals surface area (Å²) in [6.45, 7) is 2.12. The van der Waals surface area contributed by atoms with Gasteiger partial charge in [0, 0.05) is 30.6 Å². The van der Waals surface area contributed by atoms with Crippen LogP contribution >= 0.6 is 0 Å². The number of carbonyl (C=O) groups is 1. The normalized spacial score (nSPS) is 10.8. The smallest absolute Gasteiger partial charge is 0.120 e. The van der Waals surface area contributed by atoms with Gasteiger partial charge in [-0.15, -0.1) is 0 Å². The Morgan fingerprint density at radius 3 is 2.93 bits per heavy atom. The number of benzene rings is 1. The van der Waals surface area contributed by atoms with Gasteiger partial charge in [0.2, 0.25) is 0 Å². The Morgan fingerprint density at radius 1 is 1.40 bits per heavy atom. The zero-order valence-electron chi connectivity index (χ0n) is 9.16. The fourth-order valence-electron chi connectivity index (χ4n) is 2.02. The molecular weight excluding hydrogens is 186 g/mol. The highest BCUT2D eigenvalue weighted by atomic mass is 16.1. The van der Waals surface area contributed by atoms with E-state index in [0.29, 0.717) is 6.42 Å². The van der Waals surface area contributed by atoms with E-state index >= 15 is 0 Å². The fourth-order valence-corrected chi connectivity index (χ4v) is 2.02. The highest BCUT2D eigenvalue weighted by molar-refractivity contribution is 5.84. The molecule has 0 saturated heterocycles. The molecule has 15 heavy (non-hydrogen) atoms. The first kappa shape index (κ1) is 9.97. The SMILES string of the molecule is Cc1cn(C)c2ccc(CCC=O)cc12. The quantitative estimate of drug-likeness (QED) is 0.700. The van der Waals surface area contributed by atoms with E-state index in [-0.39, 0.29) is 0 Å². The van der Waals surface area contributed by atoms with Gasteiger partial charge in [-0.2, -0.15) is 0 Å². The molecule has 0 bridgehead atoms. The van der Waals surface area contributed by atoms with Gasteiger partial charge in [-0.3, -0.25) is 0 Å². The molecule has 78 valence electrons. The van der Waals surface area contributed by atoms with Crippen LogP contribution in [0.15, 0.2) is 24.4 Å². The fraction of sp³-hybridized carbons (Fsp3) is 0.308. The molecule has 1 aromatic heterocycles. The van der Waals surface area contributed by atoms with E-state index in [0.717, 1.165) is 12.7 Å². The molecule has 0 saturated carbocycles. The lowest BCUT2D eigenvalue weighted by Crippen LogP contribution is -1.87. The van der Waals surface area contributed by atoms with E-state index in [1.54, 1.807) is 0 Å². The van der Waals surface area contributed by atoms with Crippen molar-refractivity contribution in [3.8, 4) is 0 Å². The second-order valence-electron chi connectivity index (χ2n) is 3.98. The number of carbonyl (C=O) groups excluding carboxylic acids is 1. The first-order valence-electron chi connectivity index (χ1n) is 5.20. The molecule has 0 spiro atoms. The number of fused-ring (bicyclic) bond motifs is 1. The molecule has 2 nitrogen and oxygen atoms in total. The second-order valence-corrected chi connectivity index (χ2v) is 3.98. The van der Waals surface area contributed by atoms with Crippen LogP contribution in [-0.4, -0.2) is 10.9 Å². The average Bonchev–Trinajstić information content (AvgIpc) is 2.52. The largest absolute Gasteiger partial charge is 0.350 e. The number of hydrogen-bond acceptors (Lipinski definition) is 1. The minimum absolute atomic E-state index is 0.609. The van der Waals surface area contributed by atoms with Gasteiger partial charge in [0.05, 0.1) is 0 Å². The first-order valence-corrected chi connectivity index (χ1v) is 5.20. The summed E-state index contributed by atoms with van der Waals surface area (Å²) >= 11 is 0. The van der Waals surface area contributed by atoms with Gasteiger partial charge in [0.15, 0.2) is 0 Å². The molecular formula is C13H15NO. The van der Waals surface area contributed by atoms with Gasteiger partial charge < -0.3 is 9.36 Å². The van der Waals surface area contributed by atoms with Crippen LogP contribution in [0.2, 0.25) is 0 Å². The van der Waals surface area contributed by atoms with Crippen molar-refractivity contribution in [1.82, 2.24) is 4.57 Å². The van der Waals surface area contributed by atoms with Crippen LogP contribution in [0, 0.1) is 6.92 Å². The molecule has 2 aromatic rings. The maximum Gasteiger partial charge on any atom is 0.120 e. The van der Waals surface area contributed by atoms with Gasteiger partial charge >= 0.3 is 0 Å². The Kier molecular flexibility index (Phi) is 2.58. The maximum absolute atomic E-state index is 10.3. The van der Waals surface area contributed by atoms with Crippen LogP contribution < -0.4 is 0 Å². The van der Waals surface area contributed by atoms with Crippen LogP contribution in [0.4, 0.5) is 0 Å². The number of aryl methyl sites for hydroxylation is 3. The molecule has 1 heterocycles. The molecule has 0 unspecified atom stereocenters. The van der Waals surface area contributed by atoms with Crippen LogP contribution in [0.3, 0.4) is 0 Å². The van der Waals surface area contributed by atoms with Crippen molar-refractivity contribution in [2.24, 2.45) is 7.05 Å². The number of aldehydes is 1. The van der Waals surface area contributed by atoms with Crippen molar-refractivity contribution < 1.29 is 4.79 Å². The highest BCUT2D eigenvalue weighted by Gasteiger charge is 2.03. The predicted molar refractivity (Wildman–Crippen MR) is 62.0 cm³/mol. The van der Waals surface area contributed by atoms with Gasteiger partial charge in [-0.05, 0) is 36.6 Å². The lowest BCUT2D eigenvalue weighted by molar-refractivity contribution is -0.107. The summed E-state index contributed by atoms with van der Waals surface area (Å²) in [4.78, 5) is 10.3. The number of hydrogen-bond donors (Lipinski definition) is 0. The van der Waals surface area contributed by atoms with Crippen LogP contribution in [0.25, 0.3) is 10.9 Å². The second kappa shape index (κ2) is 3.89. The molecule has 0 fully saturated rings. The van der Waals surface area contributed by atoms with E-state index in [1.165, 1.54) is 22.0 Å². The van der Waals surface area contributed by atoms with Crippen molar-refractivity contribution >= 4 is 17.2 Å². The van der Waals surface area contributed by atoms with Crippen molar-refractivity contribution in [2.75, 3.05) is 0 Å². The third-order valence-corrected chi connectivity index (χ3v) is 2.80. The van der Waals surface area contributed by atoms with E-state index in [9.17, 15) is 4.79 Å². The minimum Gasteiger partial charge on any atom is -0.350 e. The molecule has 0 aliphatic carbocycles. The summed E-state index contributed by atoms with van der Waals surface area (Å²) in [7, 11) is 2.06. The van der Waals surface area contributed by atoms with E-state index in [4.69, 9.17) is 0 Å². The number of rotatable bonds is 3. The molecule has 2 heteroatoms. The molecule has 0 radical (unpaired) electrons. The molecule has 0 aliphatic heterocycles. The summed E-state index contributed by atoms with van der Waals surface area (Å²) < 4.78 is 2.13. The number of aromatic nitrogens is 1. The van der Waals surface area contributed by atoms with Gasteiger partial charge in [0.25, 0.3) is 0 Å². The van der Waals surface area contributed by atoms with Gasteiger partial charge in [-0.25, -0.2) is 0 Å². The summed E-state index contributed by atoms with van der Waals surface area (Å²) in [5.41, 5.74) is 3.78. The maximum atomic E-state index is 10.3. The zero-order valence-corrected chi connectivity index (χ0v) is 9.16. The molecule has 0 amide bonds. The van der Waals surface area contributed by atoms with Crippen molar-refractivity contribution in [2.45, 2.75) is 19.8 Å². The Balaban J connectivity index is 2.45. The highest BCUT2D eigenvalue weighted by Crippen LogP contribution is 2.21. The Labute approximate surface area is 89.5 Å².